The number of ether oxygens (including phenoxy) is 11. The summed E-state index contributed by atoms with van der Waals surface area (Å²) in [6.45, 7) is -2.63. The van der Waals surface area contributed by atoms with E-state index < -0.39 is 241 Å². The molecule has 0 saturated carbocycles. The third-order valence-corrected chi connectivity index (χ3v) is 13.6. The van der Waals surface area contributed by atoms with Crippen molar-refractivity contribution in [2.45, 2.75) is 205 Å². The molecule has 34 nitrogen and oxygen atoms in total. The summed E-state index contributed by atoms with van der Waals surface area (Å²) in [5, 5.41) is 190. The van der Waals surface area contributed by atoms with Crippen molar-refractivity contribution in [1.82, 2.24) is 16.0 Å². The van der Waals surface area contributed by atoms with Gasteiger partial charge in [-0.25, -0.2) is 0 Å². The van der Waals surface area contributed by atoms with Crippen molar-refractivity contribution < 1.29 is 153 Å². The highest BCUT2D eigenvalue weighted by Crippen LogP contribution is 2.37. The first kappa shape index (κ1) is 62.5. The zero-order valence-electron chi connectivity index (χ0n) is 40.9. The quantitative estimate of drug-likeness (QED) is 0.0571. The molecule has 6 heterocycles. The number of aliphatic hydroxyl groups excluding tert-OH is 17. The first-order chi connectivity index (χ1) is 35.9. The minimum atomic E-state index is -2.29. The van der Waals surface area contributed by atoms with Crippen LogP contribution in [0.3, 0.4) is 0 Å². The summed E-state index contributed by atoms with van der Waals surface area (Å²) in [5.41, 5.74) is 0. The molecule has 6 rings (SSSR count). The van der Waals surface area contributed by atoms with Gasteiger partial charge in [-0.15, -0.1) is 0 Å². The van der Waals surface area contributed by atoms with E-state index in [2.05, 4.69) is 16.0 Å². The lowest BCUT2D eigenvalue weighted by molar-refractivity contribution is -0.395. The second kappa shape index (κ2) is 27.2. The van der Waals surface area contributed by atoms with Crippen LogP contribution in [0.1, 0.15) is 20.8 Å². The number of aliphatic hydroxyl groups is 17. The normalized spacial score (nSPS) is 48.2. The van der Waals surface area contributed by atoms with E-state index >= 15 is 0 Å². The predicted molar refractivity (Wildman–Crippen MR) is 234 cm³/mol. The van der Waals surface area contributed by atoms with E-state index in [-0.39, 0.29) is 0 Å². The summed E-state index contributed by atoms with van der Waals surface area (Å²) < 4.78 is 63.8. The Kier molecular flexibility index (Phi) is 22.3. The first-order valence-corrected chi connectivity index (χ1v) is 24.1. The van der Waals surface area contributed by atoms with Gasteiger partial charge in [-0.1, -0.05) is 0 Å². The van der Waals surface area contributed by atoms with Gasteiger partial charge in [0.25, 0.3) is 0 Å². The summed E-state index contributed by atoms with van der Waals surface area (Å²) in [5.74, 6) is -2.36. The summed E-state index contributed by atoms with van der Waals surface area (Å²) in [6.07, 6.45) is -51.9. The number of hydrogen-bond acceptors (Lipinski definition) is 31. The highest BCUT2D eigenvalue weighted by Gasteiger charge is 2.58. The van der Waals surface area contributed by atoms with E-state index in [1.807, 2.05) is 0 Å². The molecule has 6 fully saturated rings. The monoisotopic (exact) mass is 1110 g/mol. The number of amides is 3. The van der Waals surface area contributed by atoms with E-state index in [1.54, 1.807) is 0 Å². The summed E-state index contributed by atoms with van der Waals surface area (Å²) in [6, 6.07) is -4.95. The largest absolute Gasteiger partial charge is 0.394 e. The number of nitrogens with one attached hydrogen (secondary N) is 3. The molecular formula is C42H71N3O31. The molecule has 440 valence electrons. The van der Waals surface area contributed by atoms with Crippen LogP contribution in [0.5, 0.6) is 0 Å². The standard InChI is InChI=1S/C42H71N3O31/c1-10(51)43-19-27(59)22(54)13(4-46)68-38(19)73-33-17(8-50)72-42(36(31(33)63)76-40-21(45-12(3)53)29(61)24(56)15(6-48)70-40)74-34-26(58)18(67-37(65)32(34)64)9-66-41-35(30(62)25(57)16(7-49)71-41)75-39-20(44-11(2)52)28(60)23(55)14(5-47)69-39/h13-42,46-50,54-65H,4-9H2,1-3H3,(H,43,51)(H,44,52)(H,45,53)/t13-,14-,15-,16-,17-,18-,19-,20-,21-,22-,23-,24-,25-,26-,27-,28-,29-,30+,31+,32+,33-,34+,35+,36+,37?,38+,39+,40+,41+,42-/m1/s1. The lowest BCUT2D eigenvalue weighted by atomic mass is 9.94. The van der Waals surface area contributed by atoms with Crippen LogP contribution in [-0.2, 0) is 66.5 Å². The van der Waals surface area contributed by atoms with Crippen LogP contribution >= 0.6 is 0 Å². The van der Waals surface area contributed by atoms with Gasteiger partial charge in [0.15, 0.2) is 37.7 Å². The maximum atomic E-state index is 12.4. The maximum absolute atomic E-state index is 12.4. The second-order valence-electron chi connectivity index (χ2n) is 19.0. The van der Waals surface area contributed by atoms with Crippen molar-refractivity contribution in [3.63, 3.8) is 0 Å². The Morgan fingerprint density at radius 1 is 0.342 bits per heavy atom. The number of hydrogen-bond donors (Lipinski definition) is 20. The van der Waals surface area contributed by atoms with Crippen molar-refractivity contribution in [3.05, 3.63) is 0 Å². The fourth-order valence-electron chi connectivity index (χ4n) is 9.58. The van der Waals surface area contributed by atoms with Crippen molar-refractivity contribution in [3.8, 4) is 0 Å². The van der Waals surface area contributed by atoms with E-state index in [4.69, 9.17) is 52.1 Å². The van der Waals surface area contributed by atoms with Gasteiger partial charge in [-0.3, -0.25) is 14.4 Å². The van der Waals surface area contributed by atoms with E-state index in [0.29, 0.717) is 0 Å². The number of rotatable bonds is 19. The van der Waals surface area contributed by atoms with Gasteiger partial charge in [0.2, 0.25) is 17.7 Å². The minimum Gasteiger partial charge on any atom is -0.394 e. The van der Waals surface area contributed by atoms with Gasteiger partial charge < -0.3 is 155 Å². The van der Waals surface area contributed by atoms with Gasteiger partial charge in [0.05, 0.1) is 39.6 Å². The van der Waals surface area contributed by atoms with E-state index in [9.17, 15) is 101 Å². The van der Waals surface area contributed by atoms with Crippen LogP contribution in [0.2, 0.25) is 0 Å². The van der Waals surface area contributed by atoms with Gasteiger partial charge in [-0.2, -0.15) is 0 Å². The lowest BCUT2D eigenvalue weighted by Gasteiger charge is -2.51. The average molecular weight is 1110 g/mol. The highest BCUT2D eigenvalue weighted by molar-refractivity contribution is 5.74. The Morgan fingerprint density at radius 2 is 0.671 bits per heavy atom. The summed E-state index contributed by atoms with van der Waals surface area (Å²) in [4.78, 5) is 36.7. The molecule has 6 aliphatic rings. The van der Waals surface area contributed by atoms with Crippen LogP contribution in [0, 0.1) is 0 Å². The maximum Gasteiger partial charge on any atom is 0.217 e. The average Bonchev–Trinajstić information content (AvgIpc) is 3.37. The zero-order chi connectivity index (χ0) is 56.2. The molecule has 30 atom stereocenters. The SMILES string of the molecule is CC(=O)N[C@H]1[C@H](O[C@@H]2[C@@H](O[C@H]3[C@H](O)[C@@H](CO[C@H]4O[C@H](CO)[C@@H](O)[C@H](O)[C@@H]4O[C@@H]4O[C@H](CO)[C@@H](O)[C@H](O)[C@H]4NC(C)=O)OC(O)[C@H]3O)O[C@H](CO)[C@@H](O[C@@H]3O[C@H](CO)[C@@H](O)[C@H](O)[C@H]3NC(C)=O)[C@@H]2O)O[C@H](CO)[C@@H](O)[C@@H]1O. The molecular weight excluding hydrogens is 1040 g/mol. The Bertz CT molecular complexity index is 1870. The molecule has 3 amide bonds. The molecule has 0 aromatic rings. The molecule has 0 radical (unpaired) electrons. The smallest absolute Gasteiger partial charge is 0.217 e. The third-order valence-electron chi connectivity index (χ3n) is 13.6. The van der Waals surface area contributed by atoms with Gasteiger partial charge in [0.1, 0.15) is 146 Å². The Morgan fingerprint density at radius 3 is 1.05 bits per heavy atom. The molecule has 76 heavy (non-hydrogen) atoms. The molecule has 0 aliphatic carbocycles. The number of carbonyl (C=O) groups excluding carboxylic acids is 3. The molecule has 20 N–H and O–H groups in total. The van der Waals surface area contributed by atoms with Crippen molar-refractivity contribution in [2.24, 2.45) is 0 Å². The van der Waals surface area contributed by atoms with Crippen molar-refractivity contribution in [1.29, 1.82) is 0 Å². The summed E-state index contributed by atoms with van der Waals surface area (Å²) in [7, 11) is 0. The molecule has 1 unspecified atom stereocenters. The van der Waals surface area contributed by atoms with Gasteiger partial charge >= 0.3 is 0 Å². The Hall–Kier alpha value is -2.71. The van der Waals surface area contributed by atoms with Gasteiger partial charge in [-0.05, 0) is 0 Å². The zero-order valence-corrected chi connectivity index (χ0v) is 40.9. The van der Waals surface area contributed by atoms with Crippen LogP contribution < -0.4 is 16.0 Å². The molecule has 34 heteroatoms. The second-order valence-corrected chi connectivity index (χ2v) is 19.0. The van der Waals surface area contributed by atoms with Crippen LogP contribution in [-0.4, -0.2) is 328 Å². The Labute approximate surface area is 431 Å². The Balaban J connectivity index is 1.29. The minimum absolute atomic E-state index is 0.757. The van der Waals surface area contributed by atoms with Crippen molar-refractivity contribution >= 4 is 17.7 Å². The van der Waals surface area contributed by atoms with Crippen LogP contribution in [0.25, 0.3) is 0 Å². The predicted octanol–water partition coefficient (Wildman–Crippen LogP) is -13.7. The fraction of sp³-hybridized carbons (Fsp3) is 0.929. The number of carbonyl (C=O) groups is 3. The highest BCUT2D eigenvalue weighted by atomic mass is 16.8. The van der Waals surface area contributed by atoms with Crippen LogP contribution in [0.4, 0.5) is 0 Å². The molecule has 6 saturated heterocycles. The molecule has 0 bridgehead atoms. The van der Waals surface area contributed by atoms with Crippen LogP contribution in [0.15, 0.2) is 0 Å². The molecule has 0 aromatic carbocycles. The van der Waals surface area contributed by atoms with E-state index in [0.717, 1.165) is 20.8 Å². The fourth-order valence-corrected chi connectivity index (χ4v) is 9.58. The van der Waals surface area contributed by atoms with Crippen molar-refractivity contribution in [2.75, 3.05) is 39.6 Å². The van der Waals surface area contributed by atoms with E-state index in [1.165, 1.54) is 0 Å². The third kappa shape index (κ3) is 13.7. The molecule has 6 aliphatic heterocycles. The lowest BCUT2D eigenvalue weighted by Crippen LogP contribution is -2.70. The first-order valence-electron chi connectivity index (χ1n) is 24.1. The molecule has 0 spiro atoms. The van der Waals surface area contributed by atoms with Gasteiger partial charge in [0, 0.05) is 20.8 Å². The topological polar surface area (TPSA) is 533 Å². The summed E-state index contributed by atoms with van der Waals surface area (Å²) >= 11 is 0. The molecule has 0 aromatic heterocycles.